The number of halogens is 1. The van der Waals surface area contributed by atoms with E-state index in [9.17, 15) is 0 Å². The van der Waals surface area contributed by atoms with Crippen molar-refractivity contribution in [2.24, 2.45) is 0 Å². The normalized spacial score (nSPS) is 10.5. The smallest absolute Gasteiger partial charge is 0.199 e. The predicted molar refractivity (Wildman–Crippen MR) is 61.8 cm³/mol. The number of aromatic amines is 1. The molecule has 0 saturated carbocycles. The van der Waals surface area contributed by atoms with Gasteiger partial charge in [0.2, 0.25) is 0 Å². The Morgan fingerprint density at radius 1 is 1.21 bits per heavy atom. The molecule has 0 fully saturated rings. The number of H-pyrrole nitrogens is 1. The van der Waals surface area contributed by atoms with E-state index in [2.05, 4.69) is 42.8 Å². The fourth-order valence-corrected chi connectivity index (χ4v) is 1.43. The SMILES string of the molecule is Cc1nc(-c2ccc(I)c(C)n2)n[nH]1. The van der Waals surface area contributed by atoms with Gasteiger partial charge in [0.1, 0.15) is 11.5 Å². The van der Waals surface area contributed by atoms with Crippen molar-refractivity contribution in [2.45, 2.75) is 13.8 Å². The molecule has 0 amide bonds. The number of pyridine rings is 1. The van der Waals surface area contributed by atoms with E-state index in [0.717, 1.165) is 20.8 Å². The van der Waals surface area contributed by atoms with E-state index >= 15 is 0 Å². The molecule has 72 valence electrons. The summed E-state index contributed by atoms with van der Waals surface area (Å²) in [7, 11) is 0. The van der Waals surface area contributed by atoms with Gasteiger partial charge in [0.05, 0.1) is 5.69 Å². The van der Waals surface area contributed by atoms with Crippen LogP contribution in [0.15, 0.2) is 12.1 Å². The van der Waals surface area contributed by atoms with Crippen LogP contribution in [0.1, 0.15) is 11.5 Å². The molecule has 0 saturated heterocycles. The largest absolute Gasteiger partial charge is 0.263 e. The summed E-state index contributed by atoms with van der Waals surface area (Å²) in [5.41, 5.74) is 1.82. The molecule has 2 aromatic rings. The third kappa shape index (κ3) is 1.77. The van der Waals surface area contributed by atoms with E-state index in [-0.39, 0.29) is 0 Å². The fourth-order valence-electron chi connectivity index (χ4n) is 1.13. The first kappa shape index (κ1) is 9.57. The number of hydrogen-bond acceptors (Lipinski definition) is 3. The van der Waals surface area contributed by atoms with Crippen molar-refractivity contribution >= 4 is 22.6 Å². The van der Waals surface area contributed by atoms with Gasteiger partial charge in [0.15, 0.2) is 5.82 Å². The number of rotatable bonds is 1. The lowest BCUT2D eigenvalue weighted by molar-refractivity contribution is 1.04. The zero-order valence-corrected chi connectivity index (χ0v) is 10.0. The molecule has 2 heterocycles. The summed E-state index contributed by atoms with van der Waals surface area (Å²) < 4.78 is 1.15. The molecule has 0 atom stereocenters. The summed E-state index contributed by atoms with van der Waals surface area (Å²) in [5, 5.41) is 6.85. The Morgan fingerprint density at radius 2 is 2.00 bits per heavy atom. The van der Waals surface area contributed by atoms with Crippen molar-refractivity contribution in [2.75, 3.05) is 0 Å². The Labute approximate surface area is 95.3 Å². The highest BCUT2D eigenvalue weighted by atomic mass is 127. The van der Waals surface area contributed by atoms with Crippen molar-refractivity contribution in [3.05, 3.63) is 27.2 Å². The van der Waals surface area contributed by atoms with Gasteiger partial charge in [0.25, 0.3) is 0 Å². The summed E-state index contributed by atoms with van der Waals surface area (Å²) in [6, 6.07) is 3.95. The number of nitrogens with zero attached hydrogens (tertiary/aromatic N) is 3. The van der Waals surface area contributed by atoms with Gasteiger partial charge in [-0.15, -0.1) is 0 Å². The van der Waals surface area contributed by atoms with Crippen molar-refractivity contribution < 1.29 is 0 Å². The molecule has 0 radical (unpaired) electrons. The first-order valence-electron chi connectivity index (χ1n) is 4.19. The zero-order chi connectivity index (χ0) is 10.1. The standard InChI is InChI=1S/C9H9IN4/c1-5-7(10)3-4-8(11-5)9-12-6(2)13-14-9/h3-4H,1-2H3,(H,12,13,14). The topological polar surface area (TPSA) is 54.5 Å². The van der Waals surface area contributed by atoms with Crippen LogP contribution in [-0.2, 0) is 0 Å². The Hall–Kier alpha value is -0.980. The highest BCUT2D eigenvalue weighted by molar-refractivity contribution is 14.1. The summed E-state index contributed by atoms with van der Waals surface area (Å²) in [4.78, 5) is 8.62. The minimum Gasteiger partial charge on any atom is -0.263 e. The fraction of sp³-hybridized carbons (Fsp3) is 0.222. The third-order valence-corrected chi connectivity index (χ3v) is 2.99. The van der Waals surface area contributed by atoms with E-state index in [1.165, 1.54) is 0 Å². The van der Waals surface area contributed by atoms with Gasteiger partial charge in [-0.1, -0.05) is 0 Å². The average Bonchev–Trinajstić information content (AvgIpc) is 2.57. The maximum absolute atomic E-state index is 4.40. The second-order valence-electron chi connectivity index (χ2n) is 3.01. The summed E-state index contributed by atoms with van der Waals surface area (Å²) >= 11 is 2.25. The van der Waals surface area contributed by atoms with E-state index in [0.29, 0.717) is 5.82 Å². The van der Waals surface area contributed by atoms with Crippen LogP contribution in [-0.4, -0.2) is 20.2 Å². The van der Waals surface area contributed by atoms with Crippen molar-refractivity contribution in [3.63, 3.8) is 0 Å². The lowest BCUT2D eigenvalue weighted by Gasteiger charge is -1.98. The van der Waals surface area contributed by atoms with Gasteiger partial charge >= 0.3 is 0 Å². The van der Waals surface area contributed by atoms with Crippen molar-refractivity contribution in [3.8, 4) is 11.5 Å². The first-order chi connectivity index (χ1) is 6.66. The lowest BCUT2D eigenvalue weighted by Crippen LogP contribution is -1.91. The van der Waals surface area contributed by atoms with Crippen LogP contribution in [0.2, 0.25) is 0 Å². The molecule has 0 bridgehead atoms. The Bertz CT molecular complexity index is 464. The molecular weight excluding hydrogens is 291 g/mol. The molecule has 0 aliphatic rings. The molecule has 0 unspecified atom stereocenters. The molecule has 0 spiro atoms. The van der Waals surface area contributed by atoms with Crippen molar-refractivity contribution in [1.82, 2.24) is 20.2 Å². The first-order valence-corrected chi connectivity index (χ1v) is 5.27. The average molecular weight is 300 g/mol. The molecule has 0 aliphatic heterocycles. The molecule has 5 heteroatoms. The van der Waals surface area contributed by atoms with Crippen LogP contribution in [0, 0.1) is 17.4 Å². The molecule has 1 N–H and O–H groups in total. The van der Waals surface area contributed by atoms with E-state index in [1.807, 2.05) is 26.0 Å². The summed E-state index contributed by atoms with van der Waals surface area (Å²) in [5.74, 6) is 1.46. The zero-order valence-electron chi connectivity index (χ0n) is 7.87. The molecule has 2 rings (SSSR count). The summed E-state index contributed by atoms with van der Waals surface area (Å²) in [6.45, 7) is 3.85. The number of aryl methyl sites for hydroxylation is 2. The second-order valence-corrected chi connectivity index (χ2v) is 4.17. The minimum absolute atomic E-state index is 0.655. The monoisotopic (exact) mass is 300 g/mol. The molecular formula is C9H9IN4. The molecule has 4 nitrogen and oxygen atoms in total. The Balaban J connectivity index is 2.47. The van der Waals surface area contributed by atoms with E-state index in [1.54, 1.807) is 0 Å². The highest BCUT2D eigenvalue weighted by Gasteiger charge is 2.06. The molecule has 0 aromatic carbocycles. The molecule has 2 aromatic heterocycles. The van der Waals surface area contributed by atoms with Crippen LogP contribution < -0.4 is 0 Å². The van der Waals surface area contributed by atoms with Gasteiger partial charge in [-0.2, -0.15) is 5.10 Å². The number of aromatic nitrogens is 4. The summed E-state index contributed by atoms with van der Waals surface area (Å²) in [6.07, 6.45) is 0. The second kappa shape index (κ2) is 3.64. The maximum Gasteiger partial charge on any atom is 0.199 e. The molecule has 0 aliphatic carbocycles. The predicted octanol–water partition coefficient (Wildman–Crippen LogP) is 2.09. The van der Waals surface area contributed by atoms with Crippen LogP contribution >= 0.6 is 22.6 Å². The van der Waals surface area contributed by atoms with Crippen LogP contribution in [0.4, 0.5) is 0 Å². The highest BCUT2D eigenvalue weighted by Crippen LogP contribution is 2.15. The Morgan fingerprint density at radius 3 is 2.57 bits per heavy atom. The van der Waals surface area contributed by atoms with Gasteiger partial charge in [-0.05, 0) is 48.6 Å². The van der Waals surface area contributed by atoms with Gasteiger partial charge in [0, 0.05) is 3.57 Å². The van der Waals surface area contributed by atoms with E-state index in [4.69, 9.17) is 0 Å². The van der Waals surface area contributed by atoms with Gasteiger partial charge in [-0.3, -0.25) is 5.10 Å². The Kier molecular flexibility index (Phi) is 2.49. The van der Waals surface area contributed by atoms with E-state index < -0.39 is 0 Å². The number of hydrogen-bond donors (Lipinski definition) is 1. The lowest BCUT2D eigenvalue weighted by atomic mass is 10.3. The van der Waals surface area contributed by atoms with Crippen LogP contribution in [0.3, 0.4) is 0 Å². The number of nitrogens with one attached hydrogen (secondary N) is 1. The third-order valence-electron chi connectivity index (χ3n) is 1.85. The van der Waals surface area contributed by atoms with Crippen molar-refractivity contribution in [1.29, 1.82) is 0 Å². The minimum atomic E-state index is 0.655. The maximum atomic E-state index is 4.40. The van der Waals surface area contributed by atoms with Crippen LogP contribution in [0.25, 0.3) is 11.5 Å². The quantitative estimate of drug-likeness (QED) is 0.821. The van der Waals surface area contributed by atoms with Gasteiger partial charge in [-0.25, -0.2) is 9.97 Å². The van der Waals surface area contributed by atoms with Gasteiger partial charge < -0.3 is 0 Å². The molecule has 14 heavy (non-hydrogen) atoms. The van der Waals surface area contributed by atoms with Crippen LogP contribution in [0.5, 0.6) is 0 Å².